The van der Waals surface area contributed by atoms with Crippen LogP contribution in [0.2, 0.25) is 0 Å². The number of rotatable bonds is 15. The Morgan fingerprint density at radius 1 is 0.795 bits per heavy atom. The van der Waals surface area contributed by atoms with Crippen LogP contribution in [0.25, 0.3) is 17.1 Å². The Balaban J connectivity index is 0.700. The third-order valence-electron chi connectivity index (χ3n) is 15.7. The molecule has 20 nitrogen and oxygen atoms in total. The summed E-state index contributed by atoms with van der Waals surface area (Å²) in [6.07, 6.45) is 6.12. The maximum Gasteiger partial charge on any atom is 0.319 e. The van der Waals surface area contributed by atoms with E-state index in [2.05, 4.69) is 34.8 Å². The highest BCUT2D eigenvalue weighted by Crippen LogP contribution is 2.44. The van der Waals surface area contributed by atoms with Gasteiger partial charge in [-0.3, -0.25) is 14.5 Å². The summed E-state index contributed by atoms with van der Waals surface area (Å²) in [5.41, 5.74) is 5.24. The van der Waals surface area contributed by atoms with Crippen molar-refractivity contribution in [3.05, 3.63) is 102 Å². The minimum absolute atomic E-state index is 0.00148. The number of aromatic hydroxyl groups is 3. The lowest BCUT2D eigenvalue weighted by molar-refractivity contribution is -0.137. The van der Waals surface area contributed by atoms with Crippen molar-refractivity contribution in [2.24, 2.45) is 11.8 Å². The Morgan fingerprint density at radius 2 is 1.49 bits per heavy atom. The SMILES string of the molecule is CCOc1cc(N2CCC(C(=O)N3CCC(CN4CCN(Cc5ccc(-n6c(O)nnc6-c6cc(C(C)C)c(O)cc6O)cc5)CC4)CC3)CC2)ccc1N(CC)c1ncc2c(n1)N(S(C)(=O)=O)c1ccccc1C(=O)N2C. The molecule has 0 radical (unpaired) electrons. The molecule has 412 valence electrons. The predicted molar refractivity (Wildman–Crippen MR) is 300 cm³/mol. The molecule has 4 aromatic carbocycles. The molecule has 0 aliphatic carbocycles. The van der Waals surface area contributed by atoms with E-state index in [-0.39, 0.29) is 75.7 Å². The summed E-state index contributed by atoms with van der Waals surface area (Å²) in [6, 6.07) is 23.2. The van der Waals surface area contributed by atoms with Crippen LogP contribution in [0, 0.1) is 11.8 Å². The monoisotopic (exact) mass is 1080 g/mol. The summed E-state index contributed by atoms with van der Waals surface area (Å²) in [7, 11) is -2.36. The fraction of sp³-hybridized carbons (Fsp3) is 0.439. The number of carbonyl (C=O) groups excluding carboxylic acids is 2. The number of para-hydroxylation sites is 1. The van der Waals surface area contributed by atoms with Crippen molar-refractivity contribution in [2.45, 2.75) is 65.8 Å². The van der Waals surface area contributed by atoms with E-state index in [1.165, 1.54) is 21.7 Å². The Labute approximate surface area is 456 Å². The van der Waals surface area contributed by atoms with Gasteiger partial charge >= 0.3 is 6.01 Å². The number of anilines is 6. The van der Waals surface area contributed by atoms with Gasteiger partial charge in [0.2, 0.25) is 21.9 Å². The zero-order chi connectivity index (χ0) is 55.0. The van der Waals surface area contributed by atoms with Crippen molar-refractivity contribution < 1.29 is 38.1 Å². The number of likely N-dealkylation sites (tertiary alicyclic amines) is 1. The number of fused-ring (bicyclic) bond motifs is 2. The smallest absolute Gasteiger partial charge is 0.319 e. The van der Waals surface area contributed by atoms with E-state index >= 15 is 0 Å². The second-order valence-electron chi connectivity index (χ2n) is 21.1. The number of sulfonamides is 1. The number of aromatic nitrogens is 5. The van der Waals surface area contributed by atoms with Crippen molar-refractivity contribution in [3.8, 4) is 40.3 Å². The quantitative estimate of drug-likeness (QED) is 0.0908. The first-order chi connectivity index (χ1) is 37.5. The minimum atomic E-state index is -3.94. The highest BCUT2D eigenvalue weighted by Gasteiger charge is 2.37. The van der Waals surface area contributed by atoms with Crippen molar-refractivity contribution >= 4 is 56.4 Å². The van der Waals surface area contributed by atoms with Gasteiger partial charge in [-0.25, -0.2) is 22.3 Å². The van der Waals surface area contributed by atoms with Crippen molar-refractivity contribution in [3.63, 3.8) is 0 Å². The maximum absolute atomic E-state index is 14.0. The second kappa shape index (κ2) is 22.5. The summed E-state index contributed by atoms with van der Waals surface area (Å²) >= 11 is 0. The van der Waals surface area contributed by atoms with E-state index in [1.54, 1.807) is 37.4 Å². The van der Waals surface area contributed by atoms with Crippen LogP contribution in [0.15, 0.2) is 85.1 Å². The molecule has 4 aliphatic heterocycles. The van der Waals surface area contributed by atoms with Crippen LogP contribution in [0.4, 0.5) is 34.5 Å². The summed E-state index contributed by atoms with van der Waals surface area (Å²) < 4.78 is 35.7. The number of piperidine rings is 2. The fourth-order valence-electron chi connectivity index (χ4n) is 11.5. The Hall–Kier alpha value is -7.49. The standard InChI is InChI=1S/C57H70N12O8S/c1-7-67(56-58-34-48-53(59-56)69(78(6,75)76)46-12-10-9-11-43(46)55(73)62(48)5)47-18-17-42(31-51(47)77-8-2)65-25-21-40(22-26-65)54(72)66-23-19-39(20-24-66)36-64-29-27-63(28-30-64)35-38-13-15-41(16-14-38)68-52(60-61-57(68)74)45-32-44(37(3)4)49(70)33-50(45)71/h9-18,31-34,37,39-40,70-71H,7-8,19-30,35-36H2,1-6H3,(H,61,74). The topological polar surface area (TPSA) is 217 Å². The minimum Gasteiger partial charge on any atom is -0.508 e. The number of nitrogens with zero attached hydrogens (tertiary/aromatic N) is 12. The molecule has 0 spiro atoms. The van der Waals surface area contributed by atoms with Crippen LogP contribution in [0.3, 0.4) is 0 Å². The number of benzene rings is 4. The van der Waals surface area contributed by atoms with E-state index in [0.29, 0.717) is 47.3 Å². The lowest BCUT2D eigenvalue weighted by atomic mass is 9.91. The fourth-order valence-corrected chi connectivity index (χ4v) is 12.4. The van der Waals surface area contributed by atoms with Gasteiger partial charge in [-0.1, -0.05) is 43.2 Å². The number of hydrogen-bond donors (Lipinski definition) is 3. The lowest BCUT2D eigenvalue weighted by Crippen LogP contribution is -2.49. The normalized spacial score (nSPS) is 17.1. The summed E-state index contributed by atoms with van der Waals surface area (Å²) in [4.78, 5) is 49.7. The van der Waals surface area contributed by atoms with Gasteiger partial charge in [-0.05, 0) is 105 Å². The zero-order valence-electron chi connectivity index (χ0n) is 45.3. The van der Waals surface area contributed by atoms with Gasteiger partial charge < -0.3 is 44.6 Å². The zero-order valence-corrected chi connectivity index (χ0v) is 46.1. The highest BCUT2D eigenvalue weighted by molar-refractivity contribution is 7.92. The number of phenolic OH excluding ortho intramolecular Hbond substituents is 2. The van der Waals surface area contributed by atoms with Gasteiger partial charge in [0.1, 0.15) is 22.9 Å². The molecular weight excluding hydrogens is 1010 g/mol. The van der Waals surface area contributed by atoms with Gasteiger partial charge in [-0.2, -0.15) is 4.98 Å². The Morgan fingerprint density at radius 3 is 2.17 bits per heavy atom. The number of piperazine rings is 1. The molecule has 0 unspecified atom stereocenters. The first-order valence-corrected chi connectivity index (χ1v) is 28.9. The third kappa shape index (κ3) is 10.9. The van der Waals surface area contributed by atoms with Crippen LogP contribution in [0.5, 0.6) is 23.3 Å². The van der Waals surface area contributed by atoms with E-state index in [9.17, 15) is 33.3 Å². The van der Waals surface area contributed by atoms with E-state index < -0.39 is 10.0 Å². The van der Waals surface area contributed by atoms with Crippen molar-refractivity contribution in [1.82, 2.24) is 39.4 Å². The van der Waals surface area contributed by atoms with Crippen LogP contribution in [-0.4, -0.2) is 160 Å². The van der Waals surface area contributed by atoms with E-state index in [4.69, 9.17) is 9.72 Å². The average molecular weight is 1080 g/mol. The molecule has 0 atom stereocenters. The Kier molecular flexibility index (Phi) is 15.5. The van der Waals surface area contributed by atoms with Crippen molar-refractivity contribution in [2.75, 3.05) is 104 Å². The van der Waals surface area contributed by atoms with Crippen molar-refractivity contribution in [1.29, 1.82) is 0 Å². The summed E-state index contributed by atoms with van der Waals surface area (Å²) in [5, 5.41) is 39.9. The van der Waals surface area contributed by atoms with Crippen LogP contribution >= 0.6 is 0 Å². The summed E-state index contributed by atoms with van der Waals surface area (Å²) in [5.74, 6) is 1.50. The van der Waals surface area contributed by atoms with Crippen LogP contribution in [0.1, 0.15) is 80.8 Å². The lowest BCUT2D eigenvalue weighted by Gasteiger charge is -2.40. The van der Waals surface area contributed by atoms with Gasteiger partial charge in [0.25, 0.3) is 5.91 Å². The van der Waals surface area contributed by atoms with E-state index in [1.807, 2.05) is 75.1 Å². The third-order valence-corrected chi connectivity index (χ3v) is 16.8. The Bertz CT molecular complexity index is 3280. The number of hydrogen-bond acceptors (Lipinski definition) is 16. The first-order valence-electron chi connectivity index (χ1n) is 27.1. The highest BCUT2D eigenvalue weighted by atomic mass is 32.2. The van der Waals surface area contributed by atoms with Crippen LogP contribution < -0.4 is 23.7 Å². The van der Waals surface area contributed by atoms with Gasteiger partial charge in [-0.15, -0.1) is 5.10 Å². The molecule has 6 aromatic rings. The molecule has 21 heteroatoms. The molecule has 6 heterocycles. The number of phenols is 2. The largest absolute Gasteiger partial charge is 0.508 e. The van der Waals surface area contributed by atoms with Gasteiger partial charge in [0.15, 0.2) is 11.6 Å². The molecule has 3 N–H and O–H groups in total. The maximum atomic E-state index is 14.0. The van der Waals surface area contributed by atoms with Gasteiger partial charge in [0.05, 0.1) is 47.2 Å². The molecule has 2 aromatic heterocycles. The van der Waals surface area contributed by atoms with E-state index in [0.717, 1.165) is 113 Å². The molecule has 78 heavy (non-hydrogen) atoms. The summed E-state index contributed by atoms with van der Waals surface area (Å²) in [6.45, 7) is 17.4. The van der Waals surface area contributed by atoms with Crippen LogP contribution in [-0.2, 0) is 21.4 Å². The number of ether oxygens (including phenoxy) is 1. The molecule has 4 aliphatic rings. The molecular formula is C57H70N12O8S. The molecule has 0 saturated carbocycles. The molecule has 0 bridgehead atoms. The number of carbonyl (C=O) groups is 2. The molecule has 3 fully saturated rings. The average Bonchev–Trinajstić information content (AvgIpc) is 3.96. The number of amides is 2. The molecule has 2 amide bonds. The first kappa shape index (κ1) is 53.9. The predicted octanol–water partition coefficient (Wildman–Crippen LogP) is 7.48. The second-order valence-corrected chi connectivity index (χ2v) is 23.0. The molecule has 10 rings (SSSR count). The molecule has 3 saturated heterocycles. The van der Waals surface area contributed by atoms with Gasteiger partial charge in [0, 0.05) is 103 Å².